The van der Waals surface area contributed by atoms with Crippen molar-refractivity contribution in [3.05, 3.63) is 198 Å². The number of amides is 2. The van der Waals surface area contributed by atoms with Gasteiger partial charge < -0.3 is 21.5 Å². The zero-order valence-electron chi connectivity index (χ0n) is 34.3. The molecule has 332 valence electrons. The number of rotatable bonds is 12. The largest absolute Gasteiger partial charge is 0.477 e. The molecule has 0 fully saturated rings. The Labute approximate surface area is 367 Å². The SMILES string of the molecule is NC/C=C/c1ccc2c(c1)NC(=O)C2.O=C(O)c1cncn(Cc2ccc(F)c(F)c2)c1=O.O=C1Cc2ccc(/C=C/CCC(=O)c3cncn(Cc4ccc(F)c(F)c4)c3=O)cc2N1. The number of hydrogen-bond donors (Lipinski definition) is 4. The molecule has 4 aromatic carbocycles. The molecule has 0 spiro atoms. The van der Waals surface area contributed by atoms with E-state index >= 15 is 0 Å². The minimum absolute atomic E-state index is 0.0288. The van der Waals surface area contributed by atoms with Crippen molar-refractivity contribution in [3.8, 4) is 0 Å². The lowest BCUT2D eigenvalue weighted by Gasteiger charge is -2.07. The lowest BCUT2D eigenvalue weighted by atomic mass is 10.1. The highest BCUT2D eigenvalue weighted by atomic mass is 19.2. The number of nitrogens with one attached hydrogen (secondary N) is 2. The van der Waals surface area contributed by atoms with E-state index in [1.165, 1.54) is 29.2 Å². The van der Waals surface area contributed by atoms with Crippen molar-refractivity contribution < 1.29 is 41.8 Å². The van der Waals surface area contributed by atoms with Gasteiger partial charge in [-0.15, -0.1) is 0 Å². The van der Waals surface area contributed by atoms with Crippen LogP contribution in [0.15, 0.2) is 120 Å². The van der Waals surface area contributed by atoms with Crippen molar-refractivity contribution in [2.24, 2.45) is 5.73 Å². The van der Waals surface area contributed by atoms with Crippen LogP contribution in [0.5, 0.6) is 0 Å². The number of hydrogen-bond acceptors (Lipinski definition) is 9. The second kappa shape index (κ2) is 21.3. The quantitative estimate of drug-likeness (QED) is 0.0813. The number of aromatic carboxylic acids is 1. The fraction of sp³-hybridized carbons (Fsp3) is 0.149. The molecule has 0 radical (unpaired) electrons. The van der Waals surface area contributed by atoms with Crippen LogP contribution in [-0.2, 0) is 35.5 Å². The van der Waals surface area contributed by atoms with Crippen molar-refractivity contribution in [2.45, 2.75) is 38.8 Å². The number of carbonyl (C=O) groups is 4. The number of carboxylic acid groups (broad SMARTS) is 1. The van der Waals surface area contributed by atoms with Gasteiger partial charge in [-0.25, -0.2) is 32.3 Å². The molecule has 2 aliphatic rings. The van der Waals surface area contributed by atoms with E-state index in [1.54, 1.807) is 0 Å². The van der Waals surface area contributed by atoms with E-state index in [0.29, 0.717) is 36.9 Å². The maximum absolute atomic E-state index is 13.4. The van der Waals surface area contributed by atoms with Crippen LogP contribution in [0.4, 0.5) is 28.9 Å². The first-order valence-electron chi connectivity index (χ1n) is 19.8. The van der Waals surface area contributed by atoms with Gasteiger partial charge in [0.15, 0.2) is 29.1 Å². The molecule has 0 unspecified atom stereocenters. The number of carboxylic acids is 1. The van der Waals surface area contributed by atoms with Crippen LogP contribution < -0.4 is 27.5 Å². The van der Waals surface area contributed by atoms with Crippen molar-refractivity contribution in [2.75, 3.05) is 17.2 Å². The highest BCUT2D eigenvalue weighted by molar-refractivity contribution is 6.00. The van der Waals surface area contributed by atoms with Crippen LogP contribution in [-0.4, -0.2) is 54.3 Å². The summed E-state index contributed by atoms with van der Waals surface area (Å²) in [6, 6.07) is 18.1. The van der Waals surface area contributed by atoms with E-state index in [-0.39, 0.29) is 42.7 Å². The van der Waals surface area contributed by atoms with Gasteiger partial charge >= 0.3 is 5.97 Å². The summed E-state index contributed by atoms with van der Waals surface area (Å²) in [6.07, 6.45) is 13.5. The number of allylic oxidation sites excluding steroid dienone is 1. The lowest BCUT2D eigenvalue weighted by molar-refractivity contribution is -0.115. The molecule has 0 saturated carbocycles. The number of aromatic nitrogens is 4. The van der Waals surface area contributed by atoms with Gasteiger partial charge in [0.25, 0.3) is 11.1 Å². The number of Topliss-reactive ketones (excluding diaryl/α,β-unsaturated/α-hetero) is 1. The molecular formula is C47H39F4N7O7. The number of nitrogens with zero attached hydrogens (tertiary/aromatic N) is 4. The number of nitrogens with two attached hydrogens (primary N) is 1. The average molecular weight is 890 g/mol. The molecule has 0 saturated heterocycles. The molecule has 4 heterocycles. The number of ketones is 1. The second-order valence-corrected chi connectivity index (χ2v) is 14.6. The maximum Gasteiger partial charge on any atom is 0.342 e. The first kappa shape index (κ1) is 46.4. The molecule has 18 heteroatoms. The predicted octanol–water partition coefficient (Wildman–Crippen LogP) is 6.16. The first-order valence-corrected chi connectivity index (χ1v) is 19.8. The van der Waals surface area contributed by atoms with Gasteiger partial charge in [0.05, 0.1) is 38.6 Å². The van der Waals surface area contributed by atoms with Crippen LogP contribution >= 0.6 is 0 Å². The fourth-order valence-corrected chi connectivity index (χ4v) is 6.58. The summed E-state index contributed by atoms with van der Waals surface area (Å²) in [6.45, 7) is 0.409. The Morgan fingerprint density at radius 1 is 0.646 bits per heavy atom. The van der Waals surface area contributed by atoms with Gasteiger partial charge in [-0.05, 0) is 76.2 Å². The topological polar surface area (TPSA) is 208 Å². The normalized spacial score (nSPS) is 12.4. The third-order valence-electron chi connectivity index (χ3n) is 9.82. The number of halogens is 4. The number of benzene rings is 4. The summed E-state index contributed by atoms with van der Waals surface area (Å²) in [7, 11) is 0. The Kier molecular flexibility index (Phi) is 15.2. The zero-order valence-corrected chi connectivity index (χ0v) is 34.3. The molecule has 0 aliphatic carbocycles. The van der Waals surface area contributed by atoms with Crippen molar-refractivity contribution in [1.29, 1.82) is 0 Å². The summed E-state index contributed by atoms with van der Waals surface area (Å²) < 4.78 is 54.5. The Balaban J connectivity index is 0.000000179. The summed E-state index contributed by atoms with van der Waals surface area (Å²) in [4.78, 5) is 77.7. The molecule has 2 amide bonds. The first-order chi connectivity index (χ1) is 31.2. The van der Waals surface area contributed by atoms with Crippen molar-refractivity contribution in [3.63, 3.8) is 0 Å². The Bertz CT molecular complexity index is 2980. The van der Waals surface area contributed by atoms with E-state index in [4.69, 9.17) is 10.8 Å². The number of anilines is 2. The number of fused-ring (bicyclic) bond motifs is 2. The average Bonchev–Trinajstić information content (AvgIpc) is 3.85. The van der Waals surface area contributed by atoms with Crippen LogP contribution in [0.1, 0.15) is 66.9 Å². The molecule has 8 rings (SSSR count). The van der Waals surface area contributed by atoms with Crippen LogP contribution in [0.3, 0.4) is 0 Å². The lowest BCUT2D eigenvalue weighted by Crippen LogP contribution is -2.27. The number of carbonyl (C=O) groups excluding carboxylic acids is 3. The van der Waals surface area contributed by atoms with E-state index < -0.39 is 45.9 Å². The minimum Gasteiger partial charge on any atom is -0.477 e. The van der Waals surface area contributed by atoms with Crippen molar-refractivity contribution >= 4 is 47.1 Å². The third-order valence-corrected chi connectivity index (χ3v) is 9.82. The second-order valence-electron chi connectivity index (χ2n) is 14.6. The molecule has 5 N–H and O–H groups in total. The van der Waals surface area contributed by atoms with Crippen molar-refractivity contribution in [1.82, 2.24) is 19.1 Å². The van der Waals surface area contributed by atoms with E-state index in [1.807, 2.05) is 60.7 Å². The van der Waals surface area contributed by atoms with Gasteiger partial charge in [0, 0.05) is 36.7 Å². The van der Waals surface area contributed by atoms with E-state index in [2.05, 4.69) is 20.6 Å². The maximum atomic E-state index is 13.4. The summed E-state index contributed by atoms with van der Waals surface area (Å²) in [5, 5.41) is 14.4. The summed E-state index contributed by atoms with van der Waals surface area (Å²) in [5.41, 5.74) is 9.95. The van der Waals surface area contributed by atoms with Crippen LogP contribution in [0.25, 0.3) is 12.2 Å². The van der Waals surface area contributed by atoms with E-state index in [0.717, 1.165) is 75.0 Å². The summed E-state index contributed by atoms with van der Waals surface area (Å²) in [5.74, 6) is -5.71. The Morgan fingerprint density at radius 3 is 1.60 bits per heavy atom. The van der Waals surface area contributed by atoms with E-state index in [9.17, 15) is 46.3 Å². The fourth-order valence-electron chi connectivity index (χ4n) is 6.58. The molecular weight excluding hydrogens is 851 g/mol. The summed E-state index contributed by atoms with van der Waals surface area (Å²) >= 11 is 0. The predicted molar refractivity (Wildman–Crippen MR) is 233 cm³/mol. The van der Waals surface area contributed by atoms with Gasteiger partial charge in [-0.2, -0.15) is 0 Å². The van der Waals surface area contributed by atoms with Gasteiger partial charge in [-0.3, -0.25) is 33.1 Å². The van der Waals surface area contributed by atoms with Gasteiger partial charge in [0.2, 0.25) is 11.8 Å². The molecule has 2 aliphatic heterocycles. The monoisotopic (exact) mass is 889 g/mol. The van der Waals surface area contributed by atoms with Gasteiger partial charge in [0.1, 0.15) is 11.1 Å². The third kappa shape index (κ3) is 12.3. The molecule has 2 aromatic heterocycles. The zero-order chi connectivity index (χ0) is 46.6. The molecule has 0 atom stereocenters. The van der Waals surface area contributed by atoms with Gasteiger partial charge in [-0.1, -0.05) is 60.7 Å². The Morgan fingerprint density at radius 2 is 1.12 bits per heavy atom. The van der Waals surface area contributed by atoms with Crippen LogP contribution in [0.2, 0.25) is 0 Å². The molecule has 6 aromatic rings. The molecule has 0 bridgehead atoms. The Hall–Kier alpha value is -8.12. The molecule has 14 nitrogen and oxygen atoms in total. The van der Waals surface area contributed by atoms with Crippen LogP contribution in [0, 0.1) is 23.3 Å². The minimum atomic E-state index is -1.39. The highest BCUT2D eigenvalue weighted by Crippen LogP contribution is 2.26. The highest BCUT2D eigenvalue weighted by Gasteiger charge is 2.19. The smallest absolute Gasteiger partial charge is 0.342 e. The standard InChI is InChI=1S/C24H19F2N3O3.C12H8F2N2O3.C11H12N2O/c25-19-8-6-16(9-20(19)26)13-29-14-27-12-18(24(29)32)22(30)4-2-1-3-15-5-7-17-11-23(31)28-21(17)10-15;13-9-2-1-7(3-10(9)14)5-16-6-15-4-8(11(16)17)12(18)19;12-5-1-2-8-3-4-9-7-11(14)13-10(9)6-8/h1,3,5-10,12,14H,2,4,11,13H2,(H,28,31);1-4,6H,5H2,(H,18,19);1-4,6H,5,7,12H2,(H,13,14)/b3-1+;;2-1+. The molecule has 65 heavy (non-hydrogen) atoms.